The van der Waals surface area contributed by atoms with Gasteiger partial charge in [0.25, 0.3) is 0 Å². The highest BCUT2D eigenvalue weighted by Gasteiger charge is 2.08. The highest BCUT2D eigenvalue weighted by molar-refractivity contribution is 6.31. The summed E-state index contributed by atoms with van der Waals surface area (Å²) in [5.74, 6) is 0.161. The van der Waals surface area contributed by atoms with E-state index in [-0.39, 0.29) is 5.02 Å². The Morgan fingerprint density at radius 3 is 2.82 bits per heavy atom. The average Bonchev–Trinajstić information content (AvgIpc) is 2.52. The van der Waals surface area contributed by atoms with Crippen LogP contribution in [0.3, 0.4) is 0 Å². The van der Waals surface area contributed by atoms with Gasteiger partial charge in [-0.05, 0) is 43.3 Å². The van der Waals surface area contributed by atoms with Crippen LogP contribution in [0, 0.1) is 5.82 Å². The first-order valence-electron chi connectivity index (χ1n) is 6.91. The molecule has 3 rings (SSSR count). The zero-order valence-electron chi connectivity index (χ0n) is 11.9. The van der Waals surface area contributed by atoms with E-state index in [0.717, 1.165) is 16.5 Å². The van der Waals surface area contributed by atoms with E-state index in [2.05, 4.69) is 10.3 Å². The Labute approximate surface area is 132 Å². The fourth-order valence-corrected chi connectivity index (χ4v) is 2.45. The second-order valence-electron chi connectivity index (χ2n) is 4.70. The van der Waals surface area contributed by atoms with Crippen molar-refractivity contribution in [2.45, 2.75) is 6.92 Å². The zero-order valence-corrected chi connectivity index (χ0v) is 12.7. The van der Waals surface area contributed by atoms with E-state index >= 15 is 0 Å². The fraction of sp³-hybridized carbons (Fsp3) is 0.118. The summed E-state index contributed by atoms with van der Waals surface area (Å²) in [4.78, 5) is 4.25. The molecule has 22 heavy (non-hydrogen) atoms. The predicted octanol–water partition coefficient (Wildman–Crippen LogP) is 5.17. The number of ether oxygens (including phenoxy) is 1. The van der Waals surface area contributed by atoms with Gasteiger partial charge in [0.2, 0.25) is 5.88 Å². The van der Waals surface area contributed by atoms with Crippen molar-refractivity contribution >= 4 is 33.7 Å². The van der Waals surface area contributed by atoms with Gasteiger partial charge in [-0.3, -0.25) is 0 Å². The number of halogens is 2. The molecule has 5 heteroatoms. The van der Waals surface area contributed by atoms with Crippen LogP contribution in [0.4, 0.5) is 15.8 Å². The van der Waals surface area contributed by atoms with Gasteiger partial charge in [0.15, 0.2) is 0 Å². The summed E-state index contributed by atoms with van der Waals surface area (Å²) in [7, 11) is 0. The first-order chi connectivity index (χ1) is 10.7. The molecule has 0 fully saturated rings. The number of pyridine rings is 1. The second-order valence-corrected chi connectivity index (χ2v) is 5.11. The monoisotopic (exact) mass is 316 g/mol. The summed E-state index contributed by atoms with van der Waals surface area (Å²) >= 11 is 5.82. The maximum Gasteiger partial charge on any atom is 0.221 e. The number of hydrogen-bond acceptors (Lipinski definition) is 3. The second kappa shape index (κ2) is 6.20. The van der Waals surface area contributed by atoms with E-state index in [1.54, 1.807) is 18.3 Å². The molecule has 2 aromatic carbocycles. The lowest BCUT2D eigenvalue weighted by Crippen LogP contribution is -1.97. The molecule has 0 atom stereocenters. The quantitative estimate of drug-likeness (QED) is 0.721. The van der Waals surface area contributed by atoms with E-state index in [1.165, 1.54) is 6.07 Å². The van der Waals surface area contributed by atoms with Gasteiger partial charge in [-0.25, -0.2) is 9.37 Å². The van der Waals surface area contributed by atoms with Crippen molar-refractivity contribution in [3.63, 3.8) is 0 Å². The normalized spacial score (nSPS) is 10.7. The van der Waals surface area contributed by atoms with Crippen LogP contribution < -0.4 is 10.1 Å². The van der Waals surface area contributed by atoms with Crippen molar-refractivity contribution in [1.29, 1.82) is 0 Å². The molecule has 0 spiro atoms. The lowest BCUT2D eigenvalue weighted by molar-refractivity contribution is 0.331. The van der Waals surface area contributed by atoms with Crippen LogP contribution in [0.5, 0.6) is 5.88 Å². The minimum atomic E-state index is -0.437. The standard InChI is InChI=1S/C17H14ClFN2O/c1-2-22-17-13-4-3-5-16(12(13)8-9-20-17)21-11-6-7-15(19)14(18)10-11/h3-10,21H,2H2,1H3. The SMILES string of the molecule is CCOc1nccc2c(Nc3ccc(F)c(Cl)c3)cccc12. The van der Waals surface area contributed by atoms with E-state index in [0.29, 0.717) is 18.2 Å². The van der Waals surface area contributed by atoms with Crippen molar-refractivity contribution in [1.82, 2.24) is 4.98 Å². The van der Waals surface area contributed by atoms with Crippen LogP contribution in [0.2, 0.25) is 5.02 Å². The third-order valence-electron chi connectivity index (χ3n) is 3.25. The summed E-state index contributed by atoms with van der Waals surface area (Å²) in [6.45, 7) is 2.47. The summed E-state index contributed by atoms with van der Waals surface area (Å²) < 4.78 is 18.8. The smallest absolute Gasteiger partial charge is 0.221 e. The van der Waals surface area contributed by atoms with Crippen molar-refractivity contribution in [3.8, 4) is 5.88 Å². The lowest BCUT2D eigenvalue weighted by Gasteiger charge is -2.12. The van der Waals surface area contributed by atoms with Crippen molar-refractivity contribution < 1.29 is 9.13 Å². The van der Waals surface area contributed by atoms with E-state index in [1.807, 2.05) is 31.2 Å². The summed E-state index contributed by atoms with van der Waals surface area (Å²) in [6, 6.07) is 12.3. The number of anilines is 2. The lowest BCUT2D eigenvalue weighted by atomic mass is 10.1. The number of aromatic nitrogens is 1. The molecular weight excluding hydrogens is 303 g/mol. The molecule has 112 valence electrons. The Bertz CT molecular complexity index is 823. The molecule has 0 aliphatic rings. The van der Waals surface area contributed by atoms with Gasteiger partial charge >= 0.3 is 0 Å². The zero-order chi connectivity index (χ0) is 15.5. The molecule has 3 nitrogen and oxygen atoms in total. The van der Waals surface area contributed by atoms with E-state index in [4.69, 9.17) is 16.3 Å². The van der Waals surface area contributed by atoms with Crippen LogP contribution in [0.25, 0.3) is 10.8 Å². The molecule has 0 unspecified atom stereocenters. The number of benzene rings is 2. The van der Waals surface area contributed by atoms with Crippen LogP contribution in [0.1, 0.15) is 6.92 Å². The van der Waals surface area contributed by atoms with E-state index in [9.17, 15) is 4.39 Å². The largest absolute Gasteiger partial charge is 0.478 e. The molecule has 0 saturated carbocycles. The van der Waals surface area contributed by atoms with Crippen LogP contribution in [-0.4, -0.2) is 11.6 Å². The maximum absolute atomic E-state index is 13.2. The number of hydrogen-bond donors (Lipinski definition) is 1. The van der Waals surface area contributed by atoms with Gasteiger partial charge in [0.1, 0.15) is 5.82 Å². The van der Waals surface area contributed by atoms with Gasteiger partial charge in [0.05, 0.1) is 11.6 Å². The first kappa shape index (κ1) is 14.6. The van der Waals surface area contributed by atoms with Gasteiger partial charge < -0.3 is 10.1 Å². The summed E-state index contributed by atoms with van der Waals surface area (Å²) in [5, 5.41) is 5.23. The Hall–Kier alpha value is -2.33. The molecule has 1 N–H and O–H groups in total. The molecule has 1 heterocycles. The number of rotatable bonds is 4. The predicted molar refractivity (Wildman–Crippen MR) is 87.6 cm³/mol. The van der Waals surface area contributed by atoms with Gasteiger partial charge in [-0.15, -0.1) is 0 Å². The Balaban J connectivity index is 2.03. The third kappa shape index (κ3) is 2.83. The topological polar surface area (TPSA) is 34.1 Å². The fourth-order valence-electron chi connectivity index (χ4n) is 2.27. The first-order valence-corrected chi connectivity index (χ1v) is 7.29. The van der Waals surface area contributed by atoms with E-state index < -0.39 is 5.82 Å². The van der Waals surface area contributed by atoms with Gasteiger partial charge in [0, 0.05) is 28.3 Å². The minimum Gasteiger partial charge on any atom is -0.478 e. The molecular formula is C17H14ClFN2O. The van der Waals surface area contributed by atoms with Crippen molar-refractivity contribution in [3.05, 3.63) is 59.5 Å². The summed E-state index contributed by atoms with van der Waals surface area (Å²) in [6.07, 6.45) is 1.70. The molecule has 0 radical (unpaired) electrons. The number of nitrogens with zero attached hydrogens (tertiary/aromatic N) is 1. The molecule has 0 bridgehead atoms. The molecule has 0 saturated heterocycles. The van der Waals surface area contributed by atoms with Gasteiger partial charge in [-0.1, -0.05) is 17.7 Å². The average molecular weight is 317 g/mol. The van der Waals surface area contributed by atoms with Crippen molar-refractivity contribution in [2.24, 2.45) is 0 Å². The van der Waals surface area contributed by atoms with Gasteiger partial charge in [-0.2, -0.15) is 0 Å². The molecule has 1 aromatic heterocycles. The maximum atomic E-state index is 13.2. The van der Waals surface area contributed by atoms with Crippen molar-refractivity contribution in [2.75, 3.05) is 11.9 Å². The molecule has 0 aliphatic carbocycles. The van der Waals surface area contributed by atoms with Crippen LogP contribution in [0.15, 0.2) is 48.7 Å². The number of fused-ring (bicyclic) bond motifs is 1. The minimum absolute atomic E-state index is 0.0851. The van der Waals surface area contributed by atoms with Crippen LogP contribution in [-0.2, 0) is 0 Å². The number of nitrogens with one attached hydrogen (secondary N) is 1. The Kier molecular flexibility index (Phi) is 4.11. The molecule has 0 amide bonds. The molecule has 3 aromatic rings. The van der Waals surface area contributed by atoms with Crippen LogP contribution >= 0.6 is 11.6 Å². The highest BCUT2D eigenvalue weighted by atomic mass is 35.5. The highest BCUT2D eigenvalue weighted by Crippen LogP contribution is 2.31. The summed E-state index contributed by atoms with van der Waals surface area (Å²) in [5.41, 5.74) is 1.59. The third-order valence-corrected chi connectivity index (χ3v) is 3.54. The Morgan fingerprint density at radius 2 is 2.05 bits per heavy atom. The molecule has 0 aliphatic heterocycles. The Morgan fingerprint density at radius 1 is 1.18 bits per heavy atom.